The molecule has 1 aromatic heterocycles. The van der Waals surface area contributed by atoms with Gasteiger partial charge in [0, 0.05) is 25.2 Å². The smallest absolute Gasteiger partial charge is 0.246 e. The lowest BCUT2D eigenvalue weighted by Crippen LogP contribution is -2.41. The molecule has 1 amide bonds. The van der Waals surface area contributed by atoms with E-state index in [1.807, 2.05) is 0 Å². The molecule has 8 heteroatoms. The monoisotopic (exact) mass is 284 g/mol. The summed E-state index contributed by atoms with van der Waals surface area (Å²) in [4.78, 5) is 14.8. The molecule has 1 fully saturated rings. The van der Waals surface area contributed by atoms with E-state index in [9.17, 15) is 13.2 Å². The van der Waals surface area contributed by atoms with Crippen LogP contribution in [-0.4, -0.2) is 36.7 Å². The van der Waals surface area contributed by atoms with Crippen LogP contribution in [0.3, 0.4) is 0 Å². The maximum absolute atomic E-state index is 12.4. The first-order valence-corrected chi connectivity index (χ1v) is 7.37. The van der Waals surface area contributed by atoms with Crippen LogP contribution in [0.2, 0.25) is 0 Å². The second kappa shape index (κ2) is 5.14. The summed E-state index contributed by atoms with van der Waals surface area (Å²) >= 11 is 0. The highest BCUT2D eigenvalue weighted by Crippen LogP contribution is 2.25. The molecule has 0 saturated carbocycles. The number of piperidine rings is 1. The highest BCUT2D eigenvalue weighted by atomic mass is 32.2. The van der Waals surface area contributed by atoms with Crippen LogP contribution in [0.25, 0.3) is 0 Å². The van der Waals surface area contributed by atoms with Gasteiger partial charge in [-0.05, 0) is 25.0 Å². The Bertz CT molecular complexity index is 579. The number of nitrogens with zero attached hydrogens (tertiary/aromatic N) is 2. The number of primary amides is 1. The van der Waals surface area contributed by atoms with Gasteiger partial charge in [0.1, 0.15) is 10.7 Å². The zero-order chi connectivity index (χ0) is 14.0. The summed E-state index contributed by atoms with van der Waals surface area (Å²) in [6.45, 7) is 0.536. The van der Waals surface area contributed by atoms with Crippen molar-refractivity contribution in [2.24, 2.45) is 11.7 Å². The minimum atomic E-state index is -3.65. The van der Waals surface area contributed by atoms with Gasteiger partial charge in [-0.25, -0.2) is 13.4 Å². The molecule has 7 nitrogen and oxygen atoms in total. The molecule has 1 aromatic rings. The second-order valence-electron chi connectivity index (χ2n) is 4.47. The van der Waals surface area contributed by atoms with Crippen LogP contribution in [-0.2, 0) is 14.8 Å². The van der Waals surface area contributed by atoms with Crippen molar-refractivity contribution >= 4 is 21.7 Å². The molecular weight excluding hydrogens is 268 g/mol. The number of hydrogen-bond acceptors (Lipinski definition) is 5. The van der Waals surface area contributed by atoms with Crippen LogP contribution < -0.4 is 11.5 Å². The number of nitrogen functional groups attached to an aromatic ring is 1. The van der Waals surface area contributed by atoms with Crippen LogP contribution in [0, 0.1) is 5.92 Å². The molecule has 19 heavy (non-hydrogen) atoms. The Morgan fingerprint density at radius 2 is 2.00 bits per heavy atom. The first kappa shape index (κ1) is 13.8. The molecule has 0 aromatic carbocycles. The fourth-order valence-electron chi connectivity index (χ4n) is 2.14. The minimum Gasteiger partial charge on any atom is -0.383 e. The molecular formula is C11H16N4O3S. The predicted molar refractivity (Wildman–Crippen MR) is 69.3 cm³/mol. The van der Waals surface area contributed by atoms with Crippen LogP contribution in [0.1, 0.15) is 12.8 Å². The van der Waals surface area contributed by atoms with Crippen LogP contribution in [0.15, 0.2) is 23.2 Å². The molecule has 0 aliphatic carbocycles. The summed E-state index contributed by atoms with van der Waals surface area (Å²) < 4.78 is 26.1. The molecule has 0 bridgehead atoms. The van der Waals surface area contributed by atoms with E-state index in [0.717, 1.165) is 0 Å². The van der Waals surface area contributed by atoms with Gasteiger partial charge in [-0.2, -0.15) is 4.31 Å². The molecule has 1 saturated heterocycles. The van der Waals surface area contributed by atoms with E-state index in [0.29, 0.717) is 12.8 Å². The van der Waals surface area contributed by atoms with Gasteiger partial charge in [-0.15, -0.1) is 0 Å². The van der Waals surface area contributed by atoms with Crippen molar-refractivity contribution < 1.29 is 13.2 Å². The molecule has 0 radical (unpaired) electrons. The Kier molecular flexibility index (Phi) is 3.72. The average Bonchev–Trinajstić information content (AvgIpc) is 2.39. The van der Waals surface area contributed by atoms with Crippen LogP contribution >= 0.6 is 0 Å². The van der Waals surface area contributed by atoms with Crippen molar-refractivity contribution in [1.82, 2.24) is 9.29 Å². The summed E-state index contributed by atoms with van der Waals surface area (Å²) in [5.41, 5.74) is 10.8. The third kappa shape index (κ3) is 2.69. The quantitative estimate of drug-likeness (QED) is 0.779. The fourth-order valence-corrected chi connectivity index (χ4v) is 3.68. The third-order valence-corrected chi connectivity index (χ3v) is 5.22. The van der Waals surface area contributed by atoms with Crippen molar-refractivity contribution in [3.63, 3.8) is 0 Å². The largest absolute Gasteiger partial charge is 0.383 e. The van der Waals surface area contributed by atoms with Gasteiger partial charge >= 0.3 is 0 Å². The lowest BCUT2D eigenvalue weighted by Gasteiger charge is -2.29. The lowest BCUT2D eigenvalue weighted by atomic mass is 9.98. The maximum Gasteiger partial charge on any atom is 0.246 e. The number of carbonyl (C=O) groups is 1. The van der Waals surface area contributed by atoms with Crippen molar-refractivity contribution in [2.45, 2.75) is 17.7 Å². The Hall–Kier alpha value is -1.67. The first-order chi connectivity index (χ1) is 8.93. The maximum atomic E-state index is 12.4. The number of anilines is 1. The van der Waals surface area contributed by atoms with E-state index in [2.05, 4.69) is 4.98 Å². The highest BCUT2D eigenvalue weighted by Gasteiger charge is 2.32. The van der Waals surface area contributed by atoms with E-state index < -0.39 is 10.0 Å². The highest BCUT2D eigenvalue weighted by molar-refractivity contribution is 7.89. The van der Waals surface area contributed by atoms with Gasteiger partial charge in [-0.1, -0.05) is 0 Å². The number of rotatable bonds is 3. The number of aromatic nitrogens is 1. The van der Waals surface area contributed by atoms with E-state index in [4.69, 9.17) is 11.5 Å². The molecule has 0 atom stereocenters. The van der Waals surface area contributed by atoms with E-state index >= 15 is 0 Å². The zero-order valence-corrected chi connectivity index (χ0v) is 11.1. The average molecular weight is 284 g/mol. The minimum absolute atomic E-state index is 0.00697. The van der Waals surface area contributed by atoms with E-state index in [1.54, 1.807) is 0 Å². The van der Waals surface area contributed by atoms with Crippen molar-refractivity contribution in [3.05, 3.63) is 18.3 Å². The van der Waals surface area contributed by atoms with E-state index in [-0.39, 0.29) is 35.6 Å². The third-order valence-electron chi connectivity index (χ3n) is 3.27. The number of nitrogens with two attached hydrogens (primary N) is 2. The Balaban J connectivity index is 2.19. The standard InChI is InChI=1S/C11H16N4O3S/c12-10-9(2-1-5-14-10)19(17,18)15-6-3-8(4-7-15)11(13)16/h1-2,5,8H,3-4,6-7H2,(H2,12,14)(H2,13,16). The fraction of sp³-hybridized carbons (Fsp3) is 0.455. The van der Waals surface area contributed by atoms with Crippen molar-refractivity contribution in [3.8, 4) is 0 Å². The van der Waals surface area contributed by atoms with Gasteiger partial charge in [0.05, 0.1) is 0 Å². The molecule has 104 valence electrons. The summed E-state index contributed by atoms with van der Waals surface area (Å²) in [6, 6.07) is 2.96. The van der Waals surface area contributed by atoms with Gasteiger partial charge in [0.2, 0.25) is 15.9 Å². The van der Waals surface area contributed by atoms with Crippen molar-refractivity contribution in [1.29, 1.82) is 0 Å². The first-order valence-electron chi connectivity index (χ1n) is 5.93. The number of carbonyl (C=O) groups excluding carboxylic acids is 1. The van der Waals surface area contributed by atoms with Gasteiger partial charge in [0.25, 0.3) is 0 Å². The molecule has 2 rings (SSSR count). The summed E-state index contributed by atoms with van der Waals surface area (Å²) in [5, 5.41) is 0. The SMILES string of the molecule is NC(=O)C1CCN(S(=O)(=O)c2cccnc2N)CC1. The van der Waals surface area contributed by atoms with E-state index in [1.165, 1.54) is 22.6 Å². The molecule has 4 N–H and O–H groups in total. The molecule has 0 unspecified atom stereocenters. The number of amides is 1. The van der Waals surface area contributed by atoms with Gasteiger partial charge in [-0.3, -0.25) is 4.79 Å². The predicted octanol–water partition coefficient (Wildman–Crippen LogP) is -0.450. The summed E-state index contributed by atoms with van der Waals surface area (Å²) in [7, 11) is -3.65. The van der Waals surface area contributed by atoms with Crippen LogP contribution in [0.5, 0.6) is 0 Å². The second-order valence-corrected chi connectivity index (χ2v) is 6.37. The topological polar surface area (TPSA) is 119 Å². The Morgan fingerprint density at radius 3 is 2.53 bits per heavy atom. The normalized spacial score (nSPS) is 18.3. The molecule has 2 heterocycles. The van der Waals surface area contributed by atoms with Crippen LogP contribution in [0.4, 0.5) is 5.82 Å². The molecule has 0 spiro atoms. The van der Waals surface area contributed by atoms with Gasteiger partial charge in [0.15, 0.2) is 0 Å². The lowest BCUT2D eigenvalue weighted by molar-refractivity contribution is -0.122. The summed E-state index contributed by atoms with van der Waals surface area (Å²) in [6.07, 6.45) is 2.32. The molecule has 1 aliphatic heterocycles. The number of hydrogen-bond donors (Lipinski definition) is 2. The van der Waals surface area contributed by atoms with Crippen molar-refractivity contribution in [2.75, 3.05) is 18.8 Å². The zero-order valence-electron chi connectivity index (χ0n) is 10.3. The number of pyridine rings is 1. The number of sulfonamides is 1. The van der Waals surface area contributed by atoms with Gasteiger partial charge < -0.3 is 11.5 Å². The Morgan fingerprint density at radius 1 is 1.37 bits per heavy atom. The Labute approximate surface area is 111 Å². The summed E-state index contributed by atoms with van der Waals surface area (Å²) in [5.74, 6) is -0.643. The molecule has 1 aliphatic rings.